The molecule has 0 bridgehead atoms. The molecular formula is C15H22N4OS. The van der Waals surface area contributed by atoms with Crippen LogP contribution in [-0.2, 0) is 0 Å². The van der Waals surface area contributed by atoms with Gasteiger partial charge in [-0.2, -0.15) is 0 Å². The summed E-state index contributed by atoms with van der Waals surface area (Å²) >= 11 is 1.64. The molecule has 0 saturated heterocycles. The van der Waals surface area contributed by atoms with Gasteiger partial charge in [0.15, 0.2) is 0 Å². The van der Waals surface area contributed by atoms with Gasteiger partial charge in [0.1, 0.15) is 11.6 Å². The molecule has 0 amide bonds. The van der Waals surface area contributed by atoms with E-state index in [1.807, 2.05) is 13.0 Å². The van der Waals surface area contributed by atoms with E-state index in [9.17, 15) is 0 Å². The van der Waals surface area contributed by atoms with Gasteiger partial charge >= 0.3 is 0 Å². The highest BCUT2D eigenvalue weighted by Gasteiger charge is 2.17. The zero-order chi connectivity index (χ0) is 15.2. The van der Waals surface area contributed by atoms with Crippen LogP contribution in [0.1, 0.15) is 29.9 Å². The first-order valence-corrected chi connectivity index (χ1v) is 8.02. The van der Waals surface area contributed by atoms with E-state index >= 15 is 0 Å². The molecule has 2 rings (SSSR count). The normalized spacial score (nSPS) is 12.4. The predicted octanol–water partition coefficient (Wildman–Crippen LogP) is 2.87. The summed E-state index contributed by atoms with van der Waals surface area (Å²) in [6, 6.07) is 6.47. The second kappa shape index (κ2) is 7.47. The van der Waals surface area contributed by atoms with Gasteiger partial charge in [0.2, 0.25) is 5.16 Å². The monoisotopic (exact) mass is 306 g/mol. The number of hydrogen-bond acceptors (Lipinski definition) is 5. The maximum absolute atomic E-state index is 5.50. The summed E-state index contributed by atoms with van der Waals surface area (Å²) < 4.78 is 5.50. The lowest BCUT2D eigenvalue weighted by molar-refractivity contribution is 0.403. The van der Waals surface area contributed by atoms with Gasteiger partial charge in [-0.15, -0.1) is 5.10 Å². The summed E-state index contributed by atoms with van der Waals surface area (Å²) in [6.07, 6.45) is 0. The molecule has 1 unspecified atom stereocenters. The van der Waals surface area contributed by atoms with Crippen molar-refractivity contribution in [3.63, 3.8) is 0 Å². The molecule has 0 spiro atoms. The molecular weight excluding hydrogens is 284 g/mol. The largest absolute Gasteiger partial charge is 0.496 e. The lowest BCUT2D eigenvalue weighted by Crippen LogP contribution is -2.23. The standard InChI is InChI=1S/C15H22N4OS/c1-5-16-13(9-21-15-17-11(3)18-19-15)12-8-10(2)6-7-14(12)20-4/h6-8,13,16H,5,9H2,1-4H3,(H,17,18,19). The number of thioether (sulfide) groups is 1. The Morgan fingerprint density at radius 3 is 2.81 bits per heavy atom. The lowest BCUT2D eigenvalue weighted by atomic mass is 10.0. The Balaban J connectivity index is 2.16. The average molecular weight is 306 g/mol. The Labute approximate surface area is 129 Å². The van der Waals surface area contributed by atoms with Gasteiger partial charge in [-0.3, -0.25) is 5.10 Å². The molecule has 5 nitrogen and oxygen atoms in total. The molecule has 1 aromatic heterocycles. The van der Waals surface area contributed by atoms with E-state index < -0.39 is 0 Å². The molecule has 0 fully saturated rings. The molecule has 0 saturated carbocycles. The summed E-state index contributed by atoms with van der Waals surface area (Å²) in [5.41, 5.74) is 2.41. The summed E-state index contributed by atoms with van der Waals surface area (Å²) in [5.74, 6) is 2.61. The Morgan fingerprint density at radius 1 is 1.38 bits per heavy atom. The van der Waals surface area contributed by atoms with Crippen LogP contribution in [0.4, 0.5) is 0 Å². The van der Waals surface area contributed by atoms with Crippen molar-refractivity contribution in [1.82, 2.24) is 20.5 Å². The third-order valence-electron chi connectivity index (χ3n) is 3.17. The third kappa shape index (κ3) is 4.22. The number of rotatable bonds is 7. The van der Waals surface area contributed by atoms with Crippen LogP contribution in [-0.4, -0.2) is 34.6 Å². The topological polar surface area (TPSA) is 62.8 Å². The molecule has 114 valence electrons. The van der Waals surface area contributed by atoms with Crippen molar-refractivity contribution in [2.75, 3.05) is 19.4 Å². The van der Waals surface area contributed by atoms with Crippen molar-refractivity contribution < 1.29 is 4.74 Å². The molecule has 6 heteroatoms. The van der Waals surface area contributed by atoms with Crippen LogP contribution >= 0.6 is 11.8 Å². The van der Waals surface area contributed by atoms with E-state index in [0.29, 0.717) is 0 Å². The fraction of sp³-hybridized carbons (Fsp3) is 0.467. The number of aromatic nitrogens is 3. The molecule has 1 atom stereocenters. The number of ether oxygens (including phenoxy) is 1. The number of aryl methyl sites for hydroxylation is 2. The predicted molar refractivity (Wildman–Crippen MR) is 86.0 cm³/mol. The van der Waals surface area contributed by atoms with Gasteiger partial charge < -0.3 is 10.1 Å². The number of methoxy groups -OCH3 is 1. The van der Waals surface area contributed by atoms with E-state index in [1.54, 1.807) is 18.9 Å². The fourth-order valence-electron chi connectivity index (χ4n) is 2.18. The molecule has 1 heterocycles. The lowest BCUT2D eigenvalue weighted by Gasteiger charge is -2.20. The average Bonchev–Trinajstić information content (AvgIpc) is 2.89. The number of nitrogens with zero attached hydrogens (tertiary/aromatic N) is 2. The Bertz CT molecular complexity index is 585. The molecule has 1 aromatic carbocycles. The van der Waals surface area contributed by atoms with Crippen LogP contribution < -0.4 is 10.1 Å². The second-order valence-electron chi connectivity index (χ2n) is 4.87. The quantitative estimate of drug-likeness (QED) is 0.770. The van der Waals surface area contributed by atoms with Gasteiger partial charge in [-0.25, -0.2) is 4.98 Å². The molecule has 2 aromatic rings. The first-order valence-electron chi connectivity index (χ1n) is 7.03. The van der Waals surface area contributed by atoms with Crippen molar-refractivity contribution in [3.05, 3.63) is 35.2 Å². The Kier molecular flexibility index (Phi) is 5.64. The summed E-state index contributed by atoms with van der Waals surface area (Å²) in [4.78, 5) is 4.33. The van der Waals surface area contributed by atoms with E-state index in [4.69, 9.17) is 4.74 Å². The van der Waals surface area contributed by atoms with Gasteiger partial charge in [0.05, 0.1) is 7.11 Å². The SMILES string of the molecule is CCNC(CSc1n[nH]c(C)n1)c1cc(C)ccc1OC. The van der Waals surface area contributed by atoms with Crippen molar-refractivity contribution in [1.29, 1.82) is 0 Å². The Morgan fingerprint density at radius 2 is 2.19 bits per heavy atom. The van der Waals surface area contributed by atoms with Gasteiger partial charge in [-0.05, 0) is 26.5 Å². The summed E-state index contributed by atoms with van der Waals surface area (Å²) in [6.45, 7) is 7.01. The molecule has 0 aliphatic heterocycles. The first kappa shape index (κ1) is 15.9. The zero-order valence-electron chi connectivity index (χ0n) is 12.9. The number of aromatic amines is 1. The van der Waals surface area contributed by atoms with Crippen LogP contribution in [0, 0.1) is 13.8 Å². The second-order valence-corrected chi connectivity index (χ2v) is 5.86. The molecule has 21 heavy (non-hydrogen) atoms. The van der Waals surface area contributed by atoms with Crippen molar-refractivity contribution in [2.24, 2.45) is 0 Å². The minimum atomic E-state index is 0.202. The maximum atomic E-state index is 5.50. The highest BCUT2D eigenvalue weighted by molar-refractivity contribution is 7.99. The number of nitrogens with one attached hydrogen (secondary N) is 2. The maximum Gasteiger partial charge on any atom is 0.208 e. The van der Waals surface area contributed by atoms with Gasteiger partial charge in [0.25, 0.3) is 0 Å². The van der Waals surface area contributed by atoms with Crippen LogP contribution in [0.15, 0.2) is 23.4 Å². The van der Waals surface area contributed by atoms with Gasteiger partial charge in [0, 0.05) is 17.4 Å². The third-order valence-corrected chi connectivity index (χ3v) is 4.11. The summed E-state index contributed by atoms with van der Waals surface area (Å²) in [7, 11) is 1.71. The molecule has 2 N–H and O–H groups in total. The van der Waals surface area contributed by atoms with Crippen LogP contribution in [0.2, 0.25) is 0 Å². The van der Waals surface area contributed by atoms with Crippen LogP contribution in [0.25, 0.3) is 0 Å². The Hall–Kier alpha value is -1.53. The number of hydrogen-bond donors (Lipinski definition) is 2. The summed E-state index contributed by atoms with van der Waals surface area (Å²) in [5, 5.41) is 11.3. The molecule has 0 radical (unpaired) electrons. The minimum absolute atomic E-state index is 0.202. The zero-order valence-corrected chi connectivity index (χ0v) is 13.8. The van der Waals surface area contributed by atoms with Crippen molar-refractivity contribution in [2.45, 2.75) is 32.0 Å². The van der Waals surface area contributed by atoms with Gasteiger partial charge in [-0.1, -0.05) is 36.4 Å². The molecule has 0 aliphatic carbocycles. The number of benzene rings is 1. The fourth-order valence-corrected chi connectivity index (χ4v) is 3.10. The highest BCUT2D eigenvalue weighted by Crippen LogP contribution is 2.30. The van der Waals surface area contributed by atoms with Crippen LogP contribution in [0.5, 0.6) is 5.75 Å². The van der Waals surface area contributed by atoms with Crippen molar-refractivity contribution in [3.8, 4) is 5.75 Å². The van der Waals surface area contributed by atoms with Crippen molar-refractivity contribution >= 4 is 11.8 Å². The van der Waals surface area contributed by atoms with E-state index in [1.165, 1.54) is 11.1 Å². The van der Waals surface area contributed by atoms with E-state index in [2.05, 4.69) is 46.5 Å². The first-order chi connectivity index (χ1) is 10.1. The smallest absolute Gasteiger partial charge is 0.208 e. The minimum Gasteiger partial charge on any atom is -0.496 e. The number of H-pyrrole nitrogens is 1. The van der Waals surface area contributed by atoms with Crippen LogP contribution in [0.3, 0.4) is 0 Å². The molecule has 0 aliphatic rings. The van der Waals surface area contributed by atoms with E-state index in [-0.39, 0.29) is 6.04 Å². The highest BCUT2D eigenvalue weighted by atomic mass is 32.2. The van der Waals surface area contributed by atoms with E-state index in [0.717, 1.165) is 29.0 Å².